The monoisotopic (exact) mass is 250 g/mol. The minimum atomic E-state index is -0.359. The molecule has 0 radical (unpaired) electrons. The van der Waals surface area contributed by atoms with Crippen LogP contribution in [0.5, 0.6) is 0 Å². The molecule has 0 spiro atoms. The number of esters is 1. The maximum Gasteiger partial charge on any atom is 0.312 e. The fourth-order valence-corrected chi connectivity index (χ4v) is 3.05. The van der Waals surface area contributed by atoms with E-state index in [0.29, 0.717) is 5.92 Å². The lowest BCUT2D eigenvalue weighted by atomic mass is 9.84. The number of carbonyl (C=O) groups is 1. The second-order valence-corrected chi connectivity index (χ2v) is 6.50. The molecule has 1 fully saturated rings. The summed E-state index contributed by atoms with van der Waals surface area (Å²) in [5.74, 6) is 0.524. The fraction of sp³-hybridized carbons (Fsp3) is 0.812. The highest BCUT2D eigenvalue weighted by atomic mass is 16.6. The van der Waals surface area contributed by atoms with Gasteiger partial charge in [0.2, 0.25) is 0 Å². The standard InChI is InChI=1S/C16H26O2/c1-4-15(2,3)14(17)18-16(11-7-8-12-16)13-9-5-6-10-13/h7,11,13H,4-6,8-10,12H2,1-3H3. The van der Waals surface area contributed by atoms with Crippen molar-refractivity contribution in [3.8, 4) is 0 Å². The molecule has 0 aliphatic heterocycles. The Balaban J connectivity index is 2.12. The Morgan fingerprint density at radius 1 is 1.39 bits per heavy atom. The molecule has 0 heterocycles. The van der Waals surface area contributed by atoms with Crippen molar-refractivity contribution in [2.24, 2.45) is 11.3 Å². The third-order valence-electron chi connectivity index (χ3n) is 4.87. The molecule has 0 bridgehead atoms. The Morgan fingerprint density at radius 2 is 2.06 bits per heavy atom. The molecule has 18 heavy (non-hydrogen) atoms. The molecular weight excluding hydrogens is 224 g/mol. The number of allylic oxidation sites excluding steroid dienone is 1. The lowest BCUT2D eigenvalue weighted by Crippen LogP contribution is -2.42. The lowest BCUT2D eigenvalue weighted by Gasteiger charge is -2.36. The topological polar surface area (TPSA) is 26.3 Å². The van der Waals surface area contributed by atoms with Crippen molar-refractivity contribution < 1.29 is 9.53 Å². The van der Waals surface area contributed by atoms with Gasteiger partial charge in [-0.2, -0.15) is 0 Å². The molecule has 0 amide bonds. The van der Waals surface area contributed by atoms with Gasteiger partial charge in [0.25, 0.3) is 0 Å². The molecular formula is C16H26O2. The molecule has 2 heteroatoms. The first-order chi connectivity index (χ1) is 8.50. The Morgan fingerprint density at radius 3 is 2.56 bits per heavy atom. The summed E-state index contributed by atoms with van der Waals surface area (Å²) in [6, 6.07) is 0. The van der Waals surface area contributed by atoms with Crippen molar-refractivity contribution in [2.75, 3.05) is 0 Å². The van der Waals surface area contributed by atoms with Crippen molar-refractivity contribution in [3.63, 3.8) is 0 Å². The van der Waals surface area contributed by atoms with Crippen LogP contribution in [0.3, 0.4) is 0 Å². The van der Waals surface area contributed by atoms with E-state index in [1.807, 2.05) is 20.8 Å². The molecule has 0 aromatic heterocycles. The van der Waals surface area contributed by atoms with Crippen LogP contribution in [-0.4, -0.2) is 11.6 Å². The summed E-state index contributed by atoms with van der Waals surface area (Å²) in [5, 5.41) is 0. The van der Waals surface area contributed by atoms with E-state index in [9.17, 15) is 4.79 Å². The number of carbonyl (C=O) groups excluding carboxylic acids is 1. The van der Waals surface area contributed by atoms with Gasteiger partial charge in [0.15, 0.2) is 0 Å². The zero-order valence-electron chi connectivity index (χ0n) is 12.0. The summed E-state index contributed by atoms with van der Waals surface area (Å²) in [7, 11) is 0. The molecule has 1 atom stereocenters. The first-order valence-electron chi connectivity index (χ1n) is 7.41. The predicted octanol–water partition coefficient (Wildman–Crippen LogP) is 4.24. The summed E-state index contributed by atoms with van der Waals surface area (Å²) >= 11 is 0. The molecule has 0 N–H and O–H groups in total. The molecule has 1 saturated carbocycles. The van der Waals surface area contributed by atoms with Gasteiger partial charge in [-0.15, -0.1) is 0 Å². The Kier molecular flexibility index (Phi) is 3.84. The van der Waals surface area contributed by atoms with Gasteiger partial charge in [0.1, 0.15) is 5.60 Å². The molecule has 0 saturated heterocycles. The van der Waals surface area contributed by atoms with E-state index in [-0.39, 0.29) is 17.0 Å². The van der Waals surface area contributed by atoms with E-state index in [0.717, 1.165) is 19.3 Å². The van der Waals surface area contributed by atoms with Crippen LogP contribution >= 0.6 is 0 Å². The van der Waals surface area contributed by atoms with E-state index >= 15 is 0 Å². The van der Waals surface area contributed by atoms with Gasteiger partial charge >= 0.3 is 5.97 Å². The summed E-state index contributed by atoms with van der Waals surface area (Å²) in [5.41, 5.74) is -0.637. The highest BCUT2D eigenvalue weighted by molar-refractivity contribution is 5.76. The SMILES string of the molecule is CCC(C)(C)C(=O)OC1(C2CCCC2)C=CCC1. The zero-order valence-corrected chi connectivity index (χ0v) is 12.0. The van der Waals surface area contributed by atoms with Gasteiger partial charge in [0.05, 0.1) is 5.41 Å². The molecule has 1 unspecified atom stereocenters. The number of hydrogen-bond donors (Lipinski definition) is 0. The van der Waals surface area contributed by atoms with Crippen LogP contribution in [0.4, 0.5) is 0 Å². The Hall–Kier alpha value is -0.790. The average molecular weight is 250 g/mol. The molecule has 2 nitrogen and oxygen atoms in total. The normalized spacial score (nSPS) is 28.8. The average Bonchev–Trinajstić information content (AvgIpc) is 2.99. The minimum Gasteiger partial charge on any atom is -0.454 e. The smallest absolute Gasteiger partial charge is 0.312 e. The van der Waals surface area contributed by atoms with Crippen molar-refractivity contribution in [1.82, 2.24) is 0 Å². The quantitative estimate of drug-likeness (QED) is 0.551. The highest BCUT2D eigenvalue weighted by Gasteiger charge is 2.45. The summed E-state index contributed by atoms with van der Waals surface area (Å²) in [6.07, 6.45) is 12.2. The number of ether oxygens (including phenoxy) is 1. The number of hydrogen-bond acceptors (Lipinski definition) is 2. The van der Waals surface area contributed by atoms with E-state index in [2.05, 4.69) is 12.2 Å². The van der Waals surface area contributed by atoms with Crippen LogP contribution < -0.4 is 0 Å². The molecule has 102 valence electrons. The van der Waals surface area contributed by atoms with Crippen LogP contribution in [0.15, 0.2) is 12.2 Å². The first kappa shape index (κ1) is 13.6. The lowest BCUT2D eigenvalue weighted by molar-refractivity contribution is -0.170. The largest absolute Gasteiger partial charge is 0.454 e. The molecule has 2 rings (SSSR count). The van der Waals surface area contributed by atoms with E-state index < -0.39 is 0 Å². The van der Waals surface area contributed by atoms with Crippen LogP contribution in [0.25, 0.3) is 0 Å². The maximum absolute atomic E-state index is 12.4. The van der Waals surface area contributed by atoms with Crippen LogP contribution in [-0.2, 0) is 9.53 Å². The van der Waals surface area contributed by atoms with Gasteiger partial charge in [-0.1, -0.05) is 25.8 Å². The molecule has 2 aliphatic carbocycles. The Bertz CT molecular complexity index is 337. The van der Waals surface area contributed by atoms with E-state index in [4.69, 9.17) is 4.74 Å². The van der Waals surface area contributed by atoms with Gasteiger partial charge in [0, 0.05) is 5.92 Å². The Labute approximate surface area is 111 Å². The zero-order chi connectivity index (χ0) is 13.2. The molecule has 0 aromatic rings. The van der Waals surface area contributed by atoms with Crippen molar-refractivity contribution in [3.05, 3.63) is 12.2 Å². The van der Waals surface area contributed by atoms with E-state index in [1.54, 1.807) is 0 Å². The van der Waals surface area contributed by atoms with Crippen LogP contribution in [0.1, 0.15) is 65.7 Å². The van der Waals surface area contributed by atoms with Crippen LogP contribution in [0.2, 0.25) is 0 Å². The van der Waals surface area contributed by atoms with Gasteiger partial charge in [-0.05, 0) is 52.0 Å². The second-order valence-electron chi connectivity index (χ2n) is 6.50. The first-order valence-corrected chi connectivity index (χ1v) is 7.41. The van der Waals surface area contributed by atoms with E-state index in [1.165, 1.54) is 25.7 Å². The van der Waals surface area contributed by atoms with Gasteiger partial charge in [-0.25, -0.2) is 0 Å². The van der Waals surface area contributed by atoms with Crippen molar-refractivity contribution in [1.29, 1.82) is 0 Å². The van der Waals surface area contributed by atoms with Crippen LogP contribution in [0, 0.1) is 11.3 Å². The molecule has 0 aromatic carbocycles. The maximum atomic E-state index is 12.4. The van der Waals surface area contributed by atoms with Crippen molar-refractivity contribution in [2.45, 2.75) is 71.3 Å². The second kappa shape index (κ2) is 5.07. The summed E-state index contributed by atoms with van der Waals surface area (Å²) in [6.45, 7) is 6.01. The summed E-state index contributed by atoms with van der Waals surface area (Å²) in [4.78, 5) is 12.4. The van der Waals surface area contributed by atoms with Gasteiger partial charge in [-0.3, -0.25) is 4.79 Å². The molecule has 2 aliphatic rings. The highest BCUT2D eigenvalue weighted by Crippen LogP contribution is 2.44. The summed E-state index contributed by atoms with van der Waals surface area (Å²) < 4.78 is 6.01. The number of rotatable bonds is 4. The fourth-order valence-electron chi connectivity index (χ4n) is 3.05. The third kappa shape index (κ3) is 2.48. The predicted molar refractivity (Wildman–Crippen MR) is 73.2 cm³/mol. The third-order valence-corrected chi connectivity index (χ3v) is 4.87. The minimum absolute atomic E-state index is 0.0246. The van der Waals surface area contributed by atoms with Crippen molar-refractivity contribution >= 4 is 5.97 Å². The van der Waals surface area contributed by atoms with Gasteiger partial charge < -0.3 is 4.74 Å².